The molecule has 114 valence electrons. The molecule has 2 aromatic carbocycles. The van der Waals surface area contributed by atoms with Gasteiger partial charge in [0.05, 0.1) is 5.69 Å². The summed E-state index contributed by atoms with van der Waals surface area (Å²) in [5.41, 5.74) is 3.53. The number of rotatable bonds is 5. The zero-order valence-corrected chi connectivity index (χ0v) is 13.9. The average molecular weight is 362 g/mol. The summed E-state index contributed by atoms with van der Waals surface area (Å²) in [4.78, 5) is 22.5. The minimum absolute atomic E-state index is 0.0974. The fourth-order valence-electron chi connectivity index (χ4n) is 1.85. The molecule has 0 saturated carbocycles. The van der Waals surface area contributed by atoms with E-state index in [9.17, 15) is 9.59 Å². The van der Waals surface area contributed by atoms with Gasteiger partial charge in [0.1, 0.15) is 12.0 Å². The summed E-state index contributed by atoms with van der Waals surface area (Å²) in [6, 6.07) is 10.5. The lowest BCUT2D eigenvalue weighted by Crippen LogP contribution is -2.20. The Labute approximate surface area is 137 Å². The lowest BCUT2D eigenvalue weighted by molar-refractivity contribution is -0.118. The number of amides is 1. The summed E-state index contributed by atoms with van der Waals surface area (Å²) in [6.45, 7) is 3.90. The number of aryl methyl sites for hydroxylation is 2. The molecule has 0 aliphatic rings. The van der Waals surface area contributed by atoms with E-state index in [1.165, 1.54) is 0 Å². The Morgan fingerprint density at radius 1 is 1.18 bits per heavy atom. The van der Waals surface area contributed by atoms with Crippen LogP contribution < -0.4 is 10.1 Å². The van der Waals surface area contributed by atoms with E-state index in [0.717, 1.165) is 21.9 Å². The van der Waals surface area contributed by atoms with Gasteiger partial charge in [-0.1, -0.05) is 0 Å². The minimum atomic E-state index is -0.247. The van der Waals surface area contributed by atoms with Crippen LogP contribution >= 0.6 is 15.9 Å². The summed E-state index contributed by atoms with van der Waals surface area (Å²) >= 11 is 3.43. The smallest absolute Gasteiger partial charge is 0.262 e. The van der Waals surface area contributed by atoms with Crippen molar-refractivity contribution in [2.75, 3.05) is 11.9 Å². The largest absolute Gasteiger partial charge is 0.484 e. The normalized spacial score (nSPS) is 10.1. The quantitative estimate of drug-likeness (QED) is 0.821. The monoisotopic (exact) mass is 361 g/mol. The second-order valence-corrected chi connectivity index (χ2v) is 5.79. The van der Waals surface area contributed by atoms with Crippen molar-refractivity contribution in [3.05, 3.63) is 57.6 Å². The van der Waals surface area contributed by atoms with Crippen molar-refractivity contribution < 1.29 is 14.3 Å². The van der Waals surface area contributed by atoms with Crippen LogP contribution in [0.2, 0.25) is 0 Å². The Balaban J connectivity index is 1.95. The zero-order chi connectivity index (χ0) is 16.1. The number of aldehydes is 1. The van der Waals surface area contributed by atoms with Crippen molar-refractivity contribution in [2.24, 2.45) is 0 Å². The first kappa shape index (κ1) is 16.2. The molecule has 0 aliphatic heterocycles. The number of nitrogens with one attached hydrogen (secondary N) is 1. The Morgan fingerprint density at radius 3 is 2.45 bits per heavy atom. The van der Waals surface area contributed by atoms with Gasteiger partial charge in [-0.05, 0) is 77.3 Å². The molecule has 2 rings (SSSR count). The fraction of sp³-hybridized carbons (Fsp3) is 0.176. The number of hydrogen-bond acceptors (Lipinski definition) is 3. The maximum absolute atomic E-state index is 11.9. The standard InChI is InChI=1S/C17H16BrNO3/c1-11-7-15(18)16(8-12(11)2)19-17(21)10-22-14-5-3-13(9-20)4-6-14/h3-9H,10H2,1-2H3,(H,19,21). The molecule has 0 heterocycles. The molecule has 0 aromatic heterocycles. The average Bonchev–Trinajstić information content (AvgIpc) is 2.51. The van der Waals surface area contributed by atoms with Gasteiger partial charge in [-0.3, -0.25) is 9.59 Å². The molecule has 0 bridgehead atoms. The molecule has 1 N–H and O–H groups in total. The second-order valence-electron chi connectivity index (χ2n) is 4.94. The van der Waals surface area contributed by atoms with Crippen LogP contribution in [0.25, 0.3) is 0 Å². The molecule has 0 aliphatic carbocycles. The van der Waals surface area contributed by atoms with Crippen LogP contribution in [0.1, 0.15) is 21.5 Å². The lowest BCUT2D eigenvalue weighted by atomic mass is 10.1. The van der Waals surface area contributed by atoms with Crippen molar-refractivity contribution in [3.63, 3.8) is 0 Å². The predicted octanol–water partition coefficient (Wildman–Crippen LogP) is 3.90. The number of carbonyl (C=O) groups is 2. The Morgan fingerprint density at radius 2 is 1.82 bits per heavy atom. The highest BCUT2D eigenvalue weighted by atomic mass is 79.9. The van der Waals surface area contributed by atoms with Gasteiger partial charge in [0.25, 0.3) is 5.91 Å². The van der Waals surface area contributed by atoms with E-state index >= 15 is 0 Å². The van der Waals surface area contributed by atoms with Gasteiger partial charge in [-0.25, -0.2) is 0 Å². The molecule has 0 saturated heterocycles. The molecule has 0 unspecified atom stereocenters. The molecule has 4 nitrogen and oxygen atoms in total. The third kappa shape index (κ3) is 4.18. The van der Waals surface area contributed by atoms with E-state index in [1.807, 2.05) is 26.0 Å². The van der Waals surface area contributed by atoms with Crippen LogP contribution in [-0.2, 0) is 4.79 Å². The third-order valence-electron chi connectivity index (χ3n) is 3.24. The molecular weight excluding hydrogens is 346 g/mol. The van der Waals surface area contributed by atoms with Crippen molar-refractivity contribution in [2.45, 2.75) is 13.8 Å². The van der Waals surface area contributed by atoms with E-state index in [2.05, 4.69) is 21.2 Å². The van der Waals surface area contributed by atoms with Crippen molar-refractivity contribution in [1.82, 2.24) is 0 Å². The molecule has 0 spiro atoms. The van der Waals surface area contributed by atoms with Crippen molar-refractivity contribution in [1.29, 1.82) is 0 Å². The van der Waals surface area contributed by atoms with Crippen molar-refractivity contribution >= 4 is 33.8 Å². The van der Waals surface area contributed by atoms with Gasteiger partial charge in [-0.2, -0.15) is 0 Å². The number of anilines is 1. The van der Waals surface area contributed by atoms with Gasteiger partial charge in [0.15, 0.2) is 6.61 Å². The first-order valence-electron chi connectivity index (χ1n) is 6.74. The Kier molecular flexibility index (Phi) is 5.33. The Hall–Kier alpha value is -2.14. The predicted molar refractivity (Wildman–Crippen MR) is 89.6 cm³/mol. The molecule has 0 fully saturated rings. The highest BCUT2D eigenvalue weighted by Crippen LogP contribution is 2.26. The van der Waals surface area contributed by atoms with E-state index in [1.54, 1.807) is 24.3 Å². The fourth-order valence-corrected chi connectivity index (χ4v) is 2.41. The lowest BCUT2D eigenvalue weighted by Gasteiger charge is -2.11. The Bertz CT molecular complexity index is 696. The van der Waals surface area contributed by atoms with Crippen LogP contribution in [-0.4, -0.2) is 18.8 Å². The number of ether oxygens (including phenoxy) is 1. The molecule has 0 atom stereocenters. The first-order valence-corrected chi connectivity index (χ1v) is 7.53. The summed E-state index contributed by atoms with van der Waals surface area (Å²) in [5, 5.41) is 2.80. The molecule has 5 heteroatoms. The topological polar surface area (TPSA) is 55.4 Å². The summed E-state index contributed by atoms with van der Waals surface area (Å²) < 4.78 is 6.22. The van der Waals surface area contributed by atoms with Gasteiger partial charge in [0, 0.05) is 10.0 Å². The number of carbonyl (C=O) groups excluding carboxylic acids is 2. The van der Waals surface area contributed by atoms with Crippen LogP contribution in [0.15, 0.2) is 40.9 Å². The van der Waals surface area contributed by atoms with E-state index in [0.29, 0.717) is 17.0 Å². The van der Waals surface area contributed by atoms with Gasteiger partial charge < -0.3 is 10.1 Å². The second kappa shape index (κ2) is 7.22. The highest BCUT2D eigenvalue weighted by molar-refractivity contribution is 9.10. The molecule has 22 heavy (non-hydrogen) atoms. The maximum Gasteiger partial charge on any atom is 0.262 e. The number of hydrogen-bond donors (Lipinski definition) is 1. The third-order valence-corrected chi connectivity index (χ3v) is 3.90. The summed E-state index contributed by atoms with van der Waals surface area (Å²) in [6.07, 6.45) is 0.758. The van der Waals surface area contributed by atoms with Gasteiger partial charge >= 0.3 is 0 Å². The zero-order valence-electron chi connectivity index (χ0n) is 12.4. The maximum atomic E-state index is 11.9. The van der Waals surface area contributed by atoms with Crippen LogP contribution in [0, 0.1) is 13.8 Å². The SMILES string of the molecule is Cc1cc(Br)c(NC(=O)COc2ccc(C=O)cc2)cc1C. The highest BCUT2D eigenvalue weighted by Gasteiger charge is 2.08. The van der Waals surface area contributed by atoms with E-state index in [4.69, 9.17) is 4.74 Å². The van der Waals surface area contributed by atoms with E-state index < -0.39 is 0 Å². The van der Waals surface area contributed by atoms with Gasteiger partial charge in [-0.15, -0.1) is 0 Å². The number of halogens is 1. The van der Waals surface area contributed by atoms with Gasteiger partial charge in [0.2, 0.25) is 0 Å². The number of benzene rings is 2. The molecule has 1 amide bonds. The molecule has 2 aromatic rings. The minimum Gasteiger partial charge on any atom is -0.484 e. The van der Waals surface area contributed by atoms with Crippen LogP contribution in [0.5, 0.6) is 5.75 Å². The first-order chi connectivity index (χ1) is 10.5. The summed E-state index contributed by atoms with van der Waals surface area (Å²) in [7, 11) is 0. The van der Waals surface area contributed by atoms with Crippen molar-refractivity contribution in [3.8, 4) is 5.75 Å². The van der Waals surface area contributed by atoms with Crippen LogP contribution in [0.4, 0.5) is 5.69 Å². The molecular formula is C17H16BrNO3. The van der Waals surface area contributed by atoms with E-state index in [-0.39, 0.29) is 12.5 Å². The molecule has 0 radical (unpaired) electrons. The summed E-state index contributed by atoms with van der Waals surface area (Å²) in [5.74, 6) is 0.295. The van der Waals surface area contributed by atoms with Crippen LogP contribution in [0.3, 0.4) is 0 Å².